The van der Waals surface area contributed by atoms with Crippen molar-refractivity contribution in [3.05, 3.63) is 41.1 Å². The van der Waals surface area contributed by atoms with Crippen LogP contribution in [-0.4, -0.2) is 4.98 Å². The van der Waals surface area contributed by atoms with Crippen LogP contribution in [0.15, 0.2) is 24.4 Å². The number of pyridine rings is 1. The molecule has 4 heteroatoms. The number of halogens is 3. The van der Waals surface area contributed by atoms with E-state index in [4.69, 9.17) is 11.6 Å². The zero-order chi connectivity index (χ0) is 9.42. The van der Waals surface area contributed by atoms with Crippen molar-refractivity contribution in [2.45, 2.75) is 0 Å². The maximum atomic E-state index is 12.8. The van der Waals surface area contributed by atoms with Gasteiger partial charge in [-0.15, -0.1) is 0 Å². The summed E-state index contributed by atoms with van der Waals surface area (Å²) >= 11 is 5.75. The van der Waals surface area contributed by atoms with Crippen molar-refractivity contribution >= 4 is 22.5 Å². The van der Waals surface area contributed by atoms with Crippen LogP contribution in [-0.2, 0) is 0 Å². The number of aromatic nitrogens is 1. The molecule has 0 atom stereocenters. The van der Waals surface area contributed by atoms with Gasteiger partial charge >= 0.3 is 0 Å². The first-order valence-electron chi connectivity index (χ1n) is 3.58. The Bertz CT molecular complexity index is 470. The summed E-state index contributed by atoms with van der Waals surface area (Å²) in [5.41, 5.74) is 0.353. The molecular weight excluding hydrogens is 196 g/mol. The van der Waals surface area contributed by atoms with Gasteiger partial charge in [0.15, 0.2) is 11.6 Å². The largest absolute Gasteiger partial charge is 0.256 e. The second-order valence-electron chi connectivity index (χ2n) is 2.58. The van der Waals surface area contributed by atoms with Crippen LogP contribution in [0.25, 0.3) is 10.9 Å². The van der Waals surface area contributed by atoms with E-state index in [9.17, 15) is 8.78 Å². The van der Waals surface area contributed by atoms with Crippen LogP contribution in [0.4, 0.5) is 8.78 Å². The third kappa shape index (κ3) is 1.35. The van der Waals surface area contributed by atoms with Crippen molar-refractivity contribution in [2.24, 2.45) is 0 Å². The lowest BCUT2D eigenvalue weighted by molar-refractivity contribution is 0.510. The van der Waals surface area contributed by atoms with Gasteiger partial charge < -0.3 is 0 Å². The average molecular weight is 200 g/mol. The Morgan fingerprint density at radius 1 is 1.15 bits per heavy atom. The highest BCUT2D eigenvalue weighted by molar-refractivity contribution is 6.35. The fraction of sp³-hybridized carbons (Fsp3) is 0. The Morgan fingerprint density at radius 2 is 1.85 bits per heavy atom. The van der Waals surface area contributed by atoms with E-state index in [0.29, 0.717) is 15.9 Å². The fourth-order valence-corrected chi connectivity index (χ4v) is 1.31. The van der Waals surface area contributed by atoms with Crippen LogP contribution in [0.1, 0.15) is 0 Å². The summed E-state index contributed by atoms with van der Waals surface area (Å²) in [6, 6.07) is 3.60. The summed E-state index contributed by atoms with van der Waals surface area (Å²) in [5.74, 6) is -1.83. The Hall–Kier alpha value is -1.22. The van der Waals surface area contributed by atoms with Crippen LogP contribution >= 0.6 is 11.6 Å². The minimum Gasteiger partial charge on any atom is -0.256 e. The molecule has 0 radical (unpaired) electrons. The van der Waals surface area contributed by atoms with E-state index in [1.807, 2.05) is 0 Å². The molecule has 66 valence electrons. The van der Waals surface area contributed by atoms with Crippen molar-refractivity contribution in [3.63, 3.8) is 0 Å². The van der Waals surface area contributed by atoms with Gasteiger partial charge in [-0.2, -0.15) is 0 Å². The van der Waals surface area contributed by atoms with Crippen molar-refractivity contribution in [3.8, 4) is 0 Å². The maximum absolute atomic E-state index is 12.8. The topological polar surface area (TPSA) is 12.9 Å². The molecule has 0 bridgehead atoms. The number of hydrogen-bond acceptors (Lipinski definition) is 1. The third-order valence-electron chi connectivity index (χ3n) is 1.73. The smallest absolute Gasteiger partial charge is 0.161 e. The molecule has 0 N–H and O–H groups in total. The van der Waals surface area contributed by atoms with Crippen LogP contribution < -0.4 is 0 Å². The fourth-order valence-electron chi connectivity index (χ4n) is 1.11. The molecule has 13 heavy (non-hydrogen) atoms. The zero-order valence-corrected chi connectivity index (χ0v) is 7.15. The van der Waals surface area contributed by atoms with E-state index in [1.54, 1.807) is 0 Å². The van der Waals surface area contributed by atoms with Gasteiger partial charge in [-0.3, -0.25) is 4.98 Å². The molecule has 2 aromatic rings. The molecule has 1 nitrogen and oxygen atoms in total. The minimum absolute atomic E-state index is 0.353. The normalized spacial score (nSPS) is 10.7. The van der Waals surface area contributed by atoms with Crippen molar-refractivity contribution in [2.75, 3.05) is 0 Å². The molecular formula is C9H4ClF2N. The summed E-state index contributed by atoms with van der Waals surface area (Å²) in [6.45, 7) is 0. The lowest BCUT2D eigenvalue weighted by Crippen LogP contribution is -1.86. The van der Waals surface area contributed by atoms with E-state index in [-0.39, 0.29) is 0 Å². The summed E-state index contributed by atoms with van der Waals surface area (Å²) < 4.78 is 25.5. The predicted molar refractivity (Wildman–Crippen MR) is 46.7 cm³/mol. The van der Waals surface area contributed by atoms with Crippen LogP contribution in [0.2, 0.25) is 5.02 Å². The number of rotatable bonds is 0. The molecule has 0 fully saturated rings. The summed E-state index contributed by atoms with van der Waals surface area (Å²) in [5, 5.41) is 0.784. The predicted octanol–water partition coefficient (Wildman–Crippen LogP) is 3.17. The highest BCUT2D eigenvalue weighted by Crippen LogP contribution is 2.23. The molecule has 0 aliphatic rings. The monoisotopic (exact) mass is 199 g/mol. The molecule has 0 saturated carbocycles. The average Bonchev–Trinajstić information content (AvgIpc) is 2.09. The highest BCUT2D eigenvalue weighted by Gasteiger charge is 2.06. The van der Waals surface area contributed by atoms with E-state index >= 15 is 0 Å². The first-order chi connectivity index (χ1) is 6.18. The van der Waals surface area contributed by atoms with Crippen molar-refractivity contribution in [1.29, 1.82) is 0 Å². The van der Waals surface area contributed by atoms with Gasteiger partial charge in [0.25, 0.3) is 0 Å². The summed E-state index contributed by atoms with van der Waals surface area (Å²) in [6.07, 6.45) is 1.45. The van der Waals surface area contributed by atoms with E-state index in [0.717, 1.165) is 12.1 Å². The van der Waals surface area contributed by atoms with Gasteiger partial charge in [0, 0.05) is 17.6 Å². The van der Waals surface area contributed by atoms with Crippen LogP contribution in [0, 0.1) is 11.6 Å². The Balaban J connectivity index is 2.89. The molecule has 1 aromatic heterocycles. The van der Waals surface area contributed by atoms with Gasteiger partial charge in [-0.25, -0.2) is 8.78 Å². The zero-order valence-electron chi connectivity index (χ0n) is 6.39. The molecule has 1 heterocycles. The molecule has 0 unspecified atom stereocenters. The van der Waals surface area contributed by atoms with Crippen molar-refractivity contribution in [1.82, 2.24) is 4.98 Å². The Morgan fingerprint density at radius 3 is 2.62 bits per heavy atom. The van der Waals surface area contributed by atoms with Gasteiger partial charge in [-0.1, -0.05) is 11.6 Å². The van der Waals surface area contributed by atoms with Gasteiger partial charge in [0.1, 0.15) is 0 Å². The van der Waals surface area contributed by atoms with Crippen LogP contribution in [0.5, 0.6) is 0 Å². The maximum Gasteiger partial charge on any atom is 0.161 e. The standard InChI is InChI=1S/C9H4ClF2N/c10-6-1-2-13-9-4-8(12)7(11)3-5(6)9/h1-4H. The number of hydrogen-bond donors (Lipinski definition) is 0. The number of benzene rings is 1. The Kier molecular flexibility index (Phi) is 1.88. The number of fused-ring (bicyclic) bond motifs is 1. The van der Waals surface area contributed by atoms with Crippen molar-refractivity contribution < 1.29 is 8.78 Å². The summed E-state index contributed by atoms with van der Waals surface area (Å²) in [7, 11) is 0. The van der Waals surface area contributed by atoms with Gasteiger partial charge in [-0.05, 0) is 12.1 Å². The SMILES string of the molecule is Fc1cc2nccc(Cl)c2cc1F. The van der Waals surface area contributed by atoms with E-state index in [2.05, 4.69) is 4.98 Å². The lowest BCUT2D eigenvalue weighted by Gasteiger charge is -1.99. The molecule has 0 aliphatic carbocycles. The van der Waals surface area contributed by atoms with E-state index in [1.165, 1.54) is 12.3 Å². The van der Waals surface area contributed by atoms with Gasteiger partial charge in [0.05, 0.1) is 10.5 Å². The quantitative estimate of drug-likeness (QED) is 0.635. The number of nitrogens with zero attached hydrogens (tertiary/aromatic N) is 1. The molecule has 0 saturated heterocycles. The van der Waals surface area contributed by atoms with Gasteiger partial charge in [0.2, 0.25) is 0 Å². The molecule has 0 spiro atoms. The second kappa shape index (κ2) is 2.92. The van der Waals surface area contributed by atoms with E-state index < -0.39 is 11.6 Å². The Labute approximate surface area is 78.0 Å². The minimum atomic E-state index is -0.915. The first-order valence-corrected chi connectivity index (χ1v) is 3.95. The molecule has 2 rings (SSSR count). The molecule has 1 aromatic carbocycles. The van der Waals surface area contributed by atoms with Crippen LogP contribution in [0.3, 0.4) is 0 Å². The first kappa shape index (κ1) is 8.38. The molecule has 0 amide bonds. The second-order valence-corrected chi connectivity index (χ2v) is 2.98. The molecule has 0 aliphatic heterocycles. The third-order valence-corrected chi connectivity index (χ3v) is 2.06. The lowest BCUT2D eigenvalue weighted by atomic mass is 10.2. The highest BCUT2D eigenvalue weighted by atomic mass is 35.5. The summed E-state index contributed by atoms with van der Waals surface area (Å²) in [4.78, 5) is 3.85.